The number of halogens is 1. The van der Waals surface area contributed by atoms with Crippen LogP contribution in [0.5, 0.6) is 0 Å². The maximum Gasteiger partial charge on any atom is 0.245 e. The fourth-order valence-electron chi connectivity index (χ4n) is 3.68. The van der Waals surface area contributed by atoms with Gasteiger partial charge in [0.05, 0.1) is 24.5 Å². The predicted octanol–water partition coefficient (Wildman–Crippen LogP) is 2.18. The summed E-state index contributed by atoms with van der Waals surface area (Å²) in [5.41, 5.74) is 1.18. The fraction of sp³-hybridized carbons (Fsp3) is 0.545. The first-order valence-electron chi connectivity index (χ1n) is 10.5. The standard InChI is InChI=1S/C22H30ClN5O4/c1-22(2,3)32-18-9-19(21(30)24-10-15-5-7-16(23)8-6-15)28(12-18)20(29)13-27-11-17(14-31-4)25-26-27/h5-8,11,18-19H,9-10,12-14H2,1-4H3,(H,24,30)/t18?,19-/m0/s1. The lowest BCUT2D eigenvalue weighted by atomic mass is 10.1. The molecular weight excluding hydrogens is 434 g/mol. The number of nitrogens with one attached hydrogen (secondary N) is 1. The van der Waals surface area contributed by atoms with Crippen LogP contribution in [0.3, 0.4) is 0 Å². The molecule has 3 rings (SSSR count). The molecule has 9 nitrogen and oxygen atoms in total. The summed E-state index contributed by atoms with van der Waals surface area (Å²) >= 11 is 5.92. The lowest BCUT2D eigenvalue weighted by molar-refractivity contribution is -0.139. The highest BCUT2D eigenvalue weighted by molar-refractivity contribution is 6.30. The zero-order chi connectivity index (χ0) is 23.3. The minimum absolute atomic E-state index is 0.0140. The quantitative estimate of drug-likeness (QED) is 0.644. The van der Waals surface area contributed by atoms with Crippen LogP contribution in [-0.4, -0.2) is 63.1 Å². The molecule has 1 saturated heterocycles. The number of carbonyl (C=O) groups is 2. The highest BCUT2D eigenvalue weighted by Crippen LogP contribution is 2.25. The number of benzene rings is 1. The molecule has 2 atom stereocenters. The summed E-state index contributed by atoms with van der Waals surface area (Å²) in [5.74, 6) is -0.433. The van der Waals surface area contributed by atoms with Crippen molar-refractivity contribution in [2.45, 2.75) is 64.6 Å². The highest BCUT2D eigenvalue weighted by Gasteiger charge is 2.41. The van der Waals surface area contributed by atoms with Crippen LogP contribution in [0.15, 0.2) is 30.5 Å². The van der Waals surface area contributed by atoms with Gasteiger partial charge in [-0.3, -0.25) is 9.59 Å². The Morgan fingerprint density at radius 3 is 2.62 bits per heavy atom. The first-order valence-corrected chi connectivity index (χ1v) is 10.9. The summed E-state index contributed by atoms with van der Waals surface area (Å²) in [6.45, 7) is 6.87. The number of amides is 2. The number of nitrogens with zero attached hydrogens (tertiary/aromatic N) is 4. The molecule has 2 amide bonds. The van der Waals surface area contributed by atoms with Gasteiger partial charge in [0.2, 0.25) is 11.8 Å². The molecule has 1 fully saturated rings. The van der Waals surface area contributed by atoms with Crippen LogP contribution in [-0.2, 0) is 38.8 Å². The normalized spacial score (nSPS) is 18.7. The van der Waals surface area contributed by atoms with E-state index in [4.69, 9.17) is 21.1 Å². The molecule has 0 bridgehead atoms. The zero-order valence-electron chi connectivity index (χ0n) is 18.9. The van der Waals surface area contributed by atoms with Gasteiger partial charge in [-0.1, -0.05) is 28.9 Å². The first-order chi connectivity index (χ1) is 15.1. The Balaban J connectivity index is 1.68. The van der Waals surface area contributed by atoms with Crippen molar-refractivity contribution < 1.29 is 19.1 Å². The number of hydrogen-bond acceptors (Lipinski definition) is 6. The zero-order valence-corrected chi connectivity index (χ0v) is 19.6. The van der Waals surface area contributed by atoms with Crippen LogP contribution < -0.4 is 5.32 Å². The largest absolute Gasteiger partial charge is 0.378 e. The number of aromatic nitrogens is 3. The SMILES string of the molecule is COCc1cn(CC(=O)N2CC(OC(C)(C)C)C[C@H]2C(=O)NCc2ccc(Cl)cc2)nn1. The molecule has 2 heterocycles. The Bertz CT molecular complexity index is 925. The molecule has 0 saturated carbocycles. The third kappa shape index (κ3) is 6.75. The molecule has 2 aromatic rings. The summed E-state index contributed by atoms with van der Waals surface area (Å²) in [4.78, 5) is 27.7. The smallest absolute Gasteiger partial charge is 0.245 e. The van der Waals surface area contributed by atoms with Gasteiger partial charge in [0.15, 0.2) is 0 Å². The molecule has 1 aliphatic rings. The van der Waals surface area contributed by atoms with E-state index in [1.54, 1.807) is 30.3 Å². The minimum atomic E-state index is -0.621. The van der Waals surface area contributed by atoms with Gasteiger partial charge >= 0.3 is 0 Å². The van der Waals surface area contributed by atoms with Crippen LogP contribution in [0.25, 0.3) is 0 Å². The van der Waals surface area contributed by atoms with Crippen LogP contribution in [0, 0.1) is 0 Å². The molecule has 1 aromatic carbocycles. The maximum atomic E-state index is 13.1. The van der Waals surface area contributed by atoms with Crippen molar-refractivity contribution in [1.29, 1.82) is 0 Å². The van der Waals surface area contributed by atoms with Gasteiger partial charge in [-0.25, -0.2) is 4.68 Å². The van der Waals surface area contributed by atoms with Gasteiger partial charge in [-0.05, 0) is 38.5 Å². The minimum Gasteiger partial charge on any atom is -0.378 e. The Kier molecular flexibility index (Phi) is 7.86. The summed E-state index contributed by atoms with van der Waals surface area (Å²) < 4.78 is 12.6. The second-order valence-corrected chi connectivity index (χ2v) is 9.27. The summed E-state index contributed by atoms with van der Waals surface area (Å²) in [6.07, 6.45) is 1.86. The Hall–Kier alpha value is -2.49. The summed E-state index contributed by atoms with van der Waals surface area (Å²) in [7, 11) is 1.57. The second-order valence-electron chi connectivity index (χ2n) is 8.83. The van der Waals surface area contributed by atoms with E-state index in [0.29, 0.717) is 36.8 Å². The van der Waals surface area contributed by atoms with Gasteiger partial charge in [-0.15, -0.1) is 5.10 Å². The van der Waals surface area contributed by atoms with E-state index in [1.165, 1.54) is 4.68 Å². The van der Waals surface area contributed by atoms with Crippen molar-refractivity contribution in [1.82, 2.24) is 25.2 Å². The Morgan fingerprint density at radius 2 is 1.97 bits per heavy atom. The van der Waals surface area contributed by atoms with E-state index < -0.39 is 6.04 Å². The average Bonchev–Trinajstić information content (AvgIpc) is 3.33. The number of carbonyl (C=O) groups excluding carboxylic acids is 2. The monoisotopic (exact) mass is 463 g/mol. The van der Waals surface area contributed by atoms with Crippen molar-refractivity contribution in [2.75, 3.05) is 13.7 Å². The van der Waals surface area contributed by atoms with Crippen molar-refractivity contribution in [3.05, 3.63) is 46.7 Å². The molecule has 1 aromatic heterocycles. The lowest BCUT2D eigenvalue weighted by Gasteiger charge is -2.25. The van der Waals surface area contributed by atoms with Gasteiger partial charge in [-0.2, -0.15) is 0 Å². The van der Waals surface area contributed by atoms with E-state index >= 15 is 0 Å². The molecule has 0 aliphatic carbocycles. The molecule has 0 spiro atoms. The predicted molar refractivity (Wildman–Crippen MR) is 119 cm³/mol. The van der Waals surface area contributed by atoms with E-state index in [9.17, 15) is 9.59 Å². The molecule has 174 valence electrons. The van der Waals surface area contributed by atoms with Crippen molar-refractivity contribution >= 4 is 23.4 Å². The molecule has 1 aliphatic heterocycles. The van der Waals surface area contributed by atoms with Crippen molar-refractivity contribution in [2.24, 2.45) is 0 Å². The van der Waals surface area contributed by atoms with Crippen LogP contribution >= 0.6 is 11.6 Å². The topological polar surface area (TPSA) is 98.6 Å². The van der Waals surface area contributed by atoms with Gasteiger partial charge < -0.3 is 19.7 Å². The molecule has 1 N–H and O–H groups in total. The van der Waals surface area contributed by atoms with Gasteiger partial charge in [0, 0.05) is 31.6 Å². The van der Waals surface area contributed by atoms with E-state index in [-0.39, 0.29) is 30.1 Å². The first kappa shape index (κ1) is 24.2. The number of ether oxygens (including phenoxy) is 2. The number of rotatable bonds is 8. The van der Waals surface area contributed by atoms with Gasteiger partial charge in [0.1, 0.15) is 18.3 Å². The number of methoxy groups -OCH3 is 1. The highest BCUT2D eigenvalue weighted by atomic mass is 35.5. The molecule has 0 radical (unpaired) electrons. The van der Waals surface area contributed by atoms with Crippen LogP contribution in [0.1, 0.15) is 38.4 Å². The molecule has 32 heavy (non-hydrogen) atoms. The fourth-order valence-corrected chi connectivity index (χ4v) is 3.80. The van der Waals surface area contributed by atoms with Gasteiger partial charge in [0.25, 0.3) is 0 Å². The van der Waals surface area contributed by atoms with Crippen LogP contribution in [0.4, 0.5) is 0 Å². The Labute approximate surface area is 193 Å². The molecule has 10 heteroatoms. The second kappa shape index (κ2) is 10.4. The molecular formula is C22H30ClN5O4. The van der Waals surface area contributed by atoms with E-state index in [2.05, 4.69) is 15.6 Å². The number of likely N-dealkylation sites (tertiary alicyclic amines) is 1. The van der Waals surface area contributed by atoms with E-state index in [0.717, 1.165) is 5.56 Å². The van der Waals surface area contributed by atoms with E-state index in [1.807, 2.05) is 32.9 Å². The van der Waals surface area contributed by atoms with Crippen molar-refractivity contribution in [3.63, 3.8) is 0 Å². The number of hydrogen-bond donors (Lipinski definition) is 1. The van der Waals surface area contributed by atoms with Crippen LogP contribution in [0.2, 0.25) is 5.02 Å². The summed E-state index contributed by atoms with van der Waals surface area (Å²) in [6, 6.07) is 6.64. The Morgan fingerprint density at radius 1 is 1.25 bits per heavy atom. The lowest BCUT2D eigenvalue weighted by Crippen LogP contribution is -2.46. The summed E-state index contributed by atoms with van der Waals surface area (Å²) in [5, 5.41) is 11.5. The molecule has 1 unspecified atom stereocenters. The third-order valence-electron chi connectivity index (χ3n) is 4.96. The average molecular weight is 464 g/mol. The van der Waals surface area contributed by atoms with Crippen molar-refractivity contribution in [3.8, 4) is 0 Å². The maximum absolute atomic E-state index is 13.1. The third-order valence-corrected chi connectivity index (χ3v) is 5.21.